The summed E-state index contributed by atoms with van der Waals surface area (Å²) in [6.07, 6.45) is 5.01. The highest BCUT2D eigenvalue weighted by Crippen LogP contribution is 2.31. The lowest BCUT2D eigenvalue weighted by Gasteiger charge is -2.38. The summed E-state index contributed by atoms with van der Waals surface area (Å²) >= 11 is 0. The van der Waals surface area contributed by atoms with Gasteiger partial charge in [-0.05, 0) is 32.1 Å². The molecule has 1 aliphatic rings. The molecule has 0 aromatic rings. The van der Waals surface area contributed by atoms with E-state index < -0.39 is 5.41 Å². The molecule has 1 rings (SSSR count). The van der Waals surface area contributed by atoms with Crippen molar-refractivity contribution in [3.05, 3.63) is 0 Å². The average molecular weight is 269 g/mol. The Labute approximate surface area is 115 Å². The van der Waals surface area contributed by atoms with Gasteiger partial charge >= 0.3 is 0 Å². The largest absolute Gasteiger partial charge is 0.409 e. The third-order valence-electron chi connectivity index (χ3n) is 4.63. The van der Waals surface area contributed by atoms with Crippen LogP contribution >= 0.6 is 0 Å². The Morgan fingerprint density at radius 3 is 2.63 bits per heavy atom. The van der Waals surface area contributed by atoms with E-state index in [9.17, 15) is 4.79 Å². The summed E-state index contributed by atoms with van der Waals surface area (Å²) in [6.45, 7) is 5.85. The first-order valence-electron chi connectivity index (χ1n) is 7.12. The lowest BCUT2D eigenvalue weighted by molar-refractivity contribution is -0.139. The summed E-state index contributed by atoms with van der Waals surface area (Å²) in [4.78, 5) is 14.5. The van der Waals surface area contributed by atoms with Crippen molar-refractivity contribution in [3.8, 4) is 0 Å². The van der Waals surface area contributed by atoms with E-state index in [1.54, 1.807) is 11.8 Å². The molecule has 0 aromatic heterocycles. The fourth-order valence-electron chi connectivity index (χ4n) is 2.86. The predicted molar refractivity (Wildman–Crippen MR) is 76.0 cm³/mol. The maximum Gasteiger partial charge on any atom is 0.236 e. The molecule has 19 heavy (non-hydrogen) atoms. The molecular weight excluding hydrogens is 242 g/mol. The van der Waals surface area contributed by atoms with Crippen molar-refractivity contribution >= 4 is 11.7 Å². The topological polar surface area (TPSA) is 78.9 Å². The van der Waals surface area contributed by atoms with Gasteiger partial charge in [0, 0.05) is 13.1 Å². The van der Waals surface area contributed by atoms with Crippen LogP contribution in [0.15, 0.2) is 5.16 Å². The first-order chi connectivity index (χ1) is 8.86. The van der Waals surface area contributed by atoms with E-state index >= 15 is 0 Å². The second-order valence-electron chi connectivity index (χ2n) is 6.01. The molecule has 1 fully saturated rings. The normalized spacial score (nSPS) is 27.7. The van der Waals surface area contributed by atoms with Crippen LogP contribution in [0.25, 0.3) is 0 Å². The highest BCUT2D eigenvalue weighted by Gasteiger charge is 2.40. The summed E-state index contributed by atoms with van der Waals surface area (Å²) in [5, 5.41) is 11.9. The minimum absolute atomic E-state index is 0.00397. The van der Waals surface area contributed by atoms with Crippen molar-refractivity contribution < 1.29 is 10.0 Å². The Hall–Kier alpha value is -1.26. The van der Waals surface area contributed by atoms with Gasteiger partial charge in [-0.15, -0.1) is 0 Å². The fourth-order valence-corrected chi connectivity index (χ4v) is 2.86. The molecule has 0 bridgehead atoms. The van der Waals surface area contributed by atoms with E-state index in [4.69, 9.17) is 10.9 Å². The lowest BCUT2D eigenvalue weighted by Crippen LogP contribution is -2.51. The van der Waals surface area contributed by atoms with Crippen molar-refractivity contribution in [2.24, 2.45) is 22.2 Å². The maximum atomic E-state index is 12.7. The van der Waals surface area contributed by atoms with Crippen LogP contribution in [0, 0.1) is 11.3 Å². The first-order valence-corrected chi connectivity index (χ1v) is 7.12. The highest BCUT2D eigenvalue weighted by atomic mass is 16.4. The zero-order valence-corrected chi connectivity index (χ0v) is 12.5. The second kappa shape index (κ2) is 6.26. The number of hydrogen-bond acceptors (Lipinski definition) is 3. The Morgan fingerprint density at radius 2 is 2.16 bits per heavy atom. The number of nitrogens with two attached hydrogens (primary N) is 1. The molecule has 0 radical (unpaired) electrons. The third kappa shape index (κ3) is 3.19. The number of nitrogens with zero attached hydrogens (tertiary/aromatic N) is 2. The van der Waals surface area contributed by atoms with E-state index in [1.807, 2.05) is 14.0 Å². The van der Waals surface area contributed by atoms with Crippen LogP contribution in [0.5, 0.6) is 0 Å². The van der Waals surface area contributed by atoms with Gasteiger partial charge in [-0.25, -0.2) is 0 Å². The zero-order valence-electron chi connectivity index (χ0n) is 12.5. The van der Waals surface area contributed by atoms with Crippen molar-refractivity contribution in [1.82, 2.24) is 4.90 Å². The van der Waals surface area contributed by atoms with Gasteiger partial charge < -0.3 is 15.8 Å². The Morgan fingerprint density at radius 1 is 1.53 bits per heavy atom. The van der Waals surface area contributed by atoms with Crippen LogP contribution in [0.4, 0.5) is 0 Å². The van der Waals surface area contributed by atoms with Crippen LogP contribution < -0.4 is 5.73 Å². The number of oxime groups is 1. The van der Waals surface area contributed by atoms with Gasteiger partial charge in [-0.2, -0.15) is 0 Å². The molecule has 110 valence electrons. The third-order valence-corrected chi connectivity index (χ3v) is 4.63. The average Bonchev–Trinajstić information content (AvgIpc) is 2.43. The van der Waals surface area contributed by atoms with E-state index in [0.29, 0.717) is 12.3 Å². The molecule has 0 aromatic carbocycles. The van der Waals surface area contributed by atoms with Crippen molar-refractivity contribution in [3.63, 3.8) is 0 Å². The van der Waals surface area contributed by atoms with Gasteiger partial charge in [0.05, 0.1) is 0 Å². The predicted octanol–water partition coefficient (Wildman–Crippen LogP) is 2.19. The number of carbonyl (C=O) groups excluding carboxylic acids is 1. The Bertz CT molecular complexity index is 357. The van der Waals surface area contributed by atoms with E-state index in [1.165, 1.54) is 6.42 Å². The van der Waals surface area contributed by atoms with Crippen LogP contribution in [0.2, 0.25) is 0 Å². The molecule has 3 unspecified atom stereocenters. The quantitative estimate of drug-likeness (QED) is 0.355. The fraction of sp³-hybridized carbons (Fsp3) is 0.857. The van der Waals surface area contributed by atoms with Crippen LogP contribution in [-0.4, -0.2) is 34.9 Å². The monoisotopic (exact) mass is 269 g/mol. The Balaban J connectivity index is 2.85. The number of amides is 1. The number of rotatable bonds is 4. The van der Waals surface area contributed by atoms with Gasteiger partial charge in [0.2, 0.25) is 5.91 Å². The molecule has 0 spiro atoms. The van der Waals surface area contributed by atoms with E-state index in [-0.39, 0.29) is 17.8 Å². The summed E-state index contributed by atoms with van der Waals surface area (Å²) in [5.74, 6) is 0.603. The number of carbonyl (C=O) groups is 1. The van der Waals surface area contributed by atoms with Crippen LogP contribution in [0.1, 0.15) is 52.9 Å². The maximum absolute atomic E-state index is 12.7. The van der Waals surface area contributed by atoms with Crippen molar-refractivity contribution in [2.45, 2.75) is 58.9 Å². The summed E-state index contributed by atoms with van der Waals surface area (Å²) in [6, 6.07) is 0.272. The molecular formula is C14H27N3O2. The molecule has 3 atom stereocenters. The molecule has 5 heteroatoms. The standard InChI is InChI=1S/C14H27N3O2/c1-5-14(3,12(15)16-19)13(18)17(4)11-8-6-7-10(2)9-11/h10-11,19H,5-9H2,1-4H3,(H2,15,16). The van der Waals surface area contributed by atoms with Crippen LogP contribution in [0.3, 0.4) is 0 Å². The van der Waals surface area contributed by atoms with Crippen molar-refractivity contribution in [2.75, 3.05) is 7.05 Å². The molecule has 1 aliphatic carbocycles. The highest BCUT2D eigenvalue weighted by molar-refractivity contribution is 6.06. The molecule has 0 saturated heterocycles. The summed E-state index contributed by atoms with van der Waals surface area (Å²) < 4.78 is 0. The smallest absolute Gasteiger partial charge is 0.236 e. The van der Waals surface area contributed by atoms with E-state index in [2.05, 4.69) is 12.1 Å². The minimum atomic E-state index is -0.913. The van der Waals surface area contributed by atoms with Crippen molar-refractivity contribution in [1.29, 1.82) is 0 Å². The molecule has 5 nitrogen and oxygen atoms in total. The number of amidine groups is 1. The van der Waals surface area contributed by atoms with E-state index in [0.717, 1.165) is 19.3 Å². The minimum Gasteiger partial charge on any atom is -0.409 e. The summed E-state index contributed by atoms with van der Waals surface area (Å²) in [5.41, 5.74) is 4.80. The second-order valence-corrected chi connectivity index (χ2v) is 6.01. The van der Waals surface area contributed by atoms with Gasteiger partial charge in [0.15, 0.2) is 5.84 Å². The van der Waals surface area contributed by atoms with Gasteiger partial charge in [-0.3, -0.25) is 4.79 Å². The van der Waals surface area contributed by atoms with Crippen LogP contribution in [-0.2, 0) is 4.79 Å². The molecule has 0 heterocycles. The molecule has 1 amide bonds. The van der Waals surface area contributed by atoms with Gasteiger partial charge in [0.1, 0.15) is 5.41 Å². The van der Waals surface area contributed by atoms with Gasteiger partial charge in [0.25, 0.3) is 0 Å². The summed E-state index contributed by atoms with van der Waals surface area (Å²) in [7, 11) is 1.84. The van der Waals surface area contributed by atoms with Gasteiger partial charge in [-0.1, -0.05) is 31.8 Å². The molecule has 3 N–H and O–H groups in total. The Kier molecular flexibility index (Phi) is 5.20. The zero-order chi connectivity index (χ0) is 14.6. The molecule has 0 aliphatic heterocycles. The molecule has 1 saturated carbocycles. The first kappa shape index (κ1) is 15.8. The SMILES string of the molecule is CCC(C)(C(=O)N(C)C1CCCC(C)C1)C(N)=NO. The lowest BCUT2D eigenvalue weighted by atomic mass is 9.82. The number of hydrogen-bond donors (Lipinski definition) is 2.